The van der Waals surface area contributed by atoms with Crippen LogP contribution in [0.5, 0.6) is 0 Å². The molecular formula is C12H14N4O2. The summed E-state index contributed by atoms with van der Waals surface area (Å²) in [7, 11) is 0. The Morgan fingerprint density at radius 3 is 2.83 bits per heavy atom. The summed E-state index contributed by atoms with van der Waals surface area (Å²) in [4.78, 5) is 11.5. The SMILES string of the molecule is Cc1cc(-c2nnco2)ccc1NC(=O)[C@@H](C)N. The lowest BCUT2D eigenvalue weighted by Crippen LogP contribution is -2.32. The average molecular weight is 246 g/mol. The van der Waals surface area contributed by atoms with E-state index in [0.717, 1.165) is 16.8 Å². The standard InChI is InChI=1S/C12H14N4O2/c1-7-5-9(12-16-14-6-18-12)3-4-10(7)15-11(17)8(2)13/h3-6,8H,13H2,1-2H3,(H,15,17)/t8-/m1/s1. The molecule has 6 heteroatoms. The number of carbonyl (C=O) groups excluding carboxylic acids is 1. The van der Waals surface area contributed by atoms with Crippen LogP contribution >= 0.6 is 0 Å². The molecule has 18 heavy (non-hydrogen) atoms. The van der Waals surface area contributed by atoms with E-state index in [9.17, 15) is 4.79 Å². The Kier molecular flexibility index (Phi) is 3.38. The zero-order chi connectivity index (χ0) is 13.1. The Balaban J connectivity index is 2.23. The molecule has 0 spiro atoms. The minimum absolute atomic E-state index is 0.219. The van der Waals surface area contributed by atoms with Crippen LogP contribution in [0.15, 0.2) is 29.0 Å². The molecule has 6 nitrogen and oxygen atoms in total. The van der Waals surface area contributed by atoms with E-state index in [1.165, 1.54) is 6.39 Å². The maximum absolute atomic E-state index is 11.5. The largest absolute Gasteiger partial charge is 0.423 e. The van der Waals surface area contributed by atoms with Crippen LogP contribution in [0, 0.1) is 6.92 Å². The Hall–Kier alpha value is -2.21. The fourth-order valence-corrected chi connectivity index (χ4v) is 1.48. The van der Waals surface area contributed by atoms with Gasteiger partial charge >= 0.3 is 0 Å². The first-order valence-corrected chi connectivity index (χ1v) is 5.51. The third kappa shape index (κ3) is 2.54. The van der Waals surface area contributed by atoms with Crippen LogP contribution in [0.1, 0.15) is 12.5 Å². The molecule has 0 aliphatic heterocycles. The Bertz CT molecular complexity index is 549. The summed E-state index contributed by atoms with van der Waals surface area (Å²) in [6.07, 6.45) is 1.27. The van der Waals surface area contributed by atoms with E-state index in [1.54, 1.807) is 19.1 Å². The van der Waals surface area contributed by atoms with E-state index < -0.39 is 6.04 Å². The lowest BCUT2D eigenvalue weighted by molar-refractivity contribution is -0.117. The van der Waals surface area contributed by atoms with Crippen LogP contribution in [0.3, 0.4) is 0 Å². The first kappa shape index (κ1) is 12.3. The number of carbonyl (C=O) groups is 1. The molecule has 1 aromatic heterocycles. The van der Waals surface area contributed by atoms with E-state index >= 15 is 0 Å². The Morgan fingerprint density at radius 1 is 1.50 bits per heavy atom. The normalized spacial score (nSPS) is 12.2. The third-order valence-electron chi connectivity index (χ3n) is 2.50. The number of nitrogens with one attached hydrogen (secondary N) is 1. The number of amides is 1. The maximum Gasteiger partial charge on any atom is 0.247 e. The van der Waals surface area contributed by atoms with Crippen LogP contribution in [0.25, 0.3) is 11.5 Å². The summed E-state index contributed by atoms with van der Waals surface area (Å²) >= 11 is 0. The smallest absolute Gasteiger partial charge is 0.247 e. The first-order valence-electron chi connectivity index (χ1n) is 5.51. The minimum atomic E-state index is -0.542. The third-order valence-corrected chi connectivity index (χ3v) is 2.50. The van der Waals surface area contributed by atoms with Crippen molar-refractivity contribution in [2.75, 3.05) is 5.32 Å². The van der Waals surface area contributed by atoms with Crippen molar-refractivity contribution in [2.45, 2.75) is 19.9 Å². The summed E-state index contributed by atoms with van der Waals surface area (Å²) in [6, 6.07) is 4.91. The second-order valence-electron chi connectivity index (χ2n) is 4.05. The highest BCUT2D eigenvalue weighted by Crippen LogP contribution is 2.23. The zero-order valence-corrected chi connectivity index (χ0v) is 10.2. The van der Waals surface area contributed by atoms with Gasteiger partial charge in [-0.2, -0.15) is 0 Å². The second kappa shape index (κ2) is 4.97. The van der Waals surface area contributed by atoms with Crippen molar-refractivity contribution in [1.29, 1.82) is 0 Å². The molecular weight excluding hydrogens is 232 g/mol. The maximum atomic E-state index is 11.5. The molecule has 94 valence electrons. The summed E-state index contributed by atoms with van der Waals surface area (Å²) < 4.78 is 5.10. The van der Waals surface area contributed by atoms with E-state index in [4.69, 9.17) is 10.2 Å². The predicted molar refractivity (Wildman–Crippen MR) is 66.8 cm³/mol. The molecule has 2 aromatic rings. The molecule has 0 aliphatic carbocycles. The fraction of sp³-hybridized carbons (Fsp3) is 0.250. The molecule has 0 bridgehead atoms. The summed E-state index contributed by atoms with van der Waals surface area (Å²) in [5.41, 5.74) is 7.93. The highest BCUT2D eigenvalue weighted by Gasteiger charge is 2.10. The molecule has 0 unspecified atom stereocenters. The number of benzene rings is 1. The number of hydrogen-bond acceptors (Lipinski definition) is 5. The zero-order valence-electron chi connectivity index (χ0n) is 10.2. The van der Waals surface area contributed by atoms with E-state index in [-0.39, 0.29) is 5.91 Å². The minimum Gasteiger partial charge on any atom is -0.423 e. The van der Waals surface area contributed by atoms with Crippen molar-refractivity contribution in [1.82, 2.24) is 10.2 Å². The van der Waals surface area contributed by atoms with Crippen molar-refractivity contribution in [2.24, 2.45) is 5.73 Å². The summed E-state index contributed by atoms with van der Waals surface area (Å²) in [6.45, 7) is 3.52. The van der Waals surface area contributed by atoms with Gasteiger partial charge in [-0.1, -0.05) is 0 Å². The molecule has 0 radical (unpaired) electrons. The van der Waals surface area contributed by atoms with Crippen molar-refractivity contribution in [3.63, 3.8) is 0 Å². The van der Waals surface area contributed by atoms with Gasteiger partial charge in [-0.05, 0) is 37.6 Å². The predicted octanol–water partition coefficient (Wildman–Crippen LogP) is 1.33. The number of hydrogen-bond donors (Lipinski definition) is 2. The Morgan fingerprint density at radius 2 is 2.28 bits per heavy atom. The van der Waals surface area contributed by atoms with Crippen LogP contribution in [0.2, 0.25) is 0 Å². The summed E-state index contributed by atoms with van der Waals surface area (Å²) in [5, 5.41) is 10.2. The molecule has 0 aliphatic rings. The molecule has 0 saturated heterocycles. The van der Waals surface area contributed by atoms with Crippen molar-refractivity contribution in [3.8, 4) is 11.5 Å². The number of nitrogens with zero attached hydrogens (tertiary/aromatic N) is 2. The van der Waals surface area contributed by atoms with E-state index in [0.29, 0.717) is 5.89 Å². The van der Waals surface area contributed by atoms with Crippen LogP contribution in [-0.2, 0) is 4.79 Å². The van der Waals surface area contributed by atoms with Crippen LogP contribution < -0.4 is 11.1 Å². The molecule has 0 fully saturated rings. The van der Waals surface area contributed by atoms with Gasteiger partial charge in [0.25, 0.3) is 0 Å². The van der Waals surface area contributed by atoms with Gasteiger partial charge in [0.05, 0.1) is 6.04 Å². The Labute approximate surface area is 104 Å². The summed E-state index contributed by atoms with van der Waals surface area (Å²) in [5.74, 6) is 0.229. The fourth-order valence-electron chi connectivity index (χ4n) is 1.48. The van der Waals surface area contributed by atoms with Crippen molar-refractivity contribution >= 4 is 11.6 Å². The van der Waals surface area contributed by atoms with Crippen LogP contribution in [-0.4, -0.2) is 22.1 Å². The van der Waals surface area contributed by atoms with Gasteiger partial charge in [-0.3, -0.25) is 4.79 Å². The molecule has 1 heterocycles. The first-order chi connectivity index (χ1) is 8.58. The lowest BCUT2D eigenvalue weighted by Gasteiger charge is -2.10. The highest BCUT2D eigenvalue weighted by molar-refractivity contribution is 5.95. The van der Waals surface area contributed by atoms with Crippen molar-refractivity contribution < 1.29 is 9.21 Å². The van der Waals surface area contributed by atoms with E-state index in [1.807, 2.05) is 13.0 Å². The average Bonchev–Trinajstić information content (AvgIpc) is 2.85. The molecule has 0 saturated carbocycles. The van der Waals surface area contributed by atoms with Gasteiger partial charge in [0.2, 0.25) is 18.2 Å². The number of rotatable bonds is 3. The van der Waals surface area contributed by atoms with E-state index in [2.05, 4.69) is 15.5 Å². The molecule has 1 atom stereocenters. The number of aryl methyl sites for hydroxylation is 1. The van der Waals surface area contributed by atoms with Gasteiger partial charge in [-0.15, -0.1) is 10.2 Å². The van der Waals surface area contributed by atoms with Gasteiger partial charge < -0.3 is 15.5 Å². The quantitative estimate of drug-likeness (QED) is 0.852. The number of aromatic nitrogens is 2. The topological polar surface area (TPSA) is 94.0 Å². The number of anilines is 1. The monoisotopic (exact) mass is 246 g/mol. The number of nitrogens with two attached hydrogens (primary N) is 1. The van der Waals surface area contributed by atoms with Crippen LogP contribution in [0.4, 0.5) is 5.69 Å². The second-order valence-corrected chi connectivity index (χ2v) is 4.05. The molecule has 1 amide bonds. The lowest BCUT2D eigenvalue weighted by atomic mass is 10.1. The molecule has 1 aromatic carbocycles. The molecule has 3 N–H and O–H groups in total. The van der Waals surface area contributed by atoms with Crippen molar-refractivity contribution in [3.05, 3.63) is 30.2 Å². The van der Waals surface area contributed by atoms with Gasteiger partial charge in [0.15, 0.2) is 0 Å². The van der Waals surface area contributed by atoms with Gasteiger partial charge in [0, 0.05) is 11.3 Å². The highest BCUT2D eigenvalue weighted by atomic mass is 16.4. The van der Waals surface area contributed by atoms with Gasteiger partial charge in [0.1, 0.15) is 0 Å². The van der Waals surface area contributed by atoms with Gasteiger partial charge in [-0.25, -0.2) is 0 Å². The molecule has 2 rings (SSSR count).